The molecule has 0 unspecified atom stereocenters. The molecular formula is C26H28FN5O4. The molecule has 2 amide bonds. The van der Waals surface area contributed by atoms with Gasteiger partial charge in [0.05, 0.1) is 30.6 Å². The Hall–Kier alpha value is -4.21. The summed E-state index contributed by atoms with van der Waals surface area (Å²) in [4.78, 5) is 36.5. The number of carbonyl (C=O) groups is 2. The fourth-order valence-corrected chi connectivity index (χ4v) is 3.93. The van der Waals surface area contributed by atoms with Crippen LogP contribution in [0.4, 0.5) is 15.0 Å². The summed E-state index contributed by atoms with van der Waals surface area (Å²) in [5.41, 5.74) is 1.47. The van der Waals surface area contributed by atoms with E-state index >= 15 is 4.39 Å². The maximum absolute atomic E-state index is 15.1. The lowest BCUT2D eigenvalue weighted by Gasteiger charge is -2.22. The zero-order valence-electron chi connectivity index (χ0n) is 20.2. The summed E-state index contributed by atoms with van der Waals surface area (Å²) in [6, 6.07) is 14.1. The molecule has 0 bridgehead atoms. The van der Waals surface area contributed by atoms with E-state index in [1.807, 2.05) is 42.3 Å². The molecular weight excluding hydrogens is 465 g/mol. The minimum Gasteiger partial charge on any atom is -0.484 e. The van der Waals surface area contributed by atoms with E-state index in [9.17, 15) is 9.59 Å². The maximum Gasteiger partial charge on any atom is 0.406 e. The number of alkyl carbamates (subject to hydrolysis) is 1. The number of amides is 2. The van der Waals surface area contributed by atoms with Gasteiger partial charge in [-0.1, -0.05) is 30.3 Å². The largest absolute Gasteiger partial charge is 0.484 e. The van der Waals surface area contributed by atoms with Crippen molar-refractivity contribution in [2.45, 2.75) is 19.1 Å². The summed E-state index contributed by atoms with van der Waals surface area (Å²) >= 11 is 0. The summed E-state index contributed by atoms with van der Waals surface area (Å²) in [7, 11) is 3.35. The Morgan fingerprint density at radius 2 is 1.97 bits per heavy atom. The number of fused-ring (bicyclic) bond motifs is 1. The molecule has 4 rings (SSSR count). The first-order valence-electron chi connectivity index (χ1n) is 11.6. The summed E-state index contributed by atoms with van der Waals surface area (Å²) < 4.78 is 26.2. The number of hydrogen-bond donors (Lipinski definition) is 1. The molecule has 0 radical (unpaired) electrons. The lowest BCUT2D eigenvalue weighted by atomic mass is 10.1. The molecule has 1 aromatic carbocycles. The smallest absolute Gasteiger partial charge is 0.406 e. The molecule has 2 aromatic heterocycles. The van der Waals surface area contributed by atoms with Gasteiger partial charge in [-0.2, -0.15) is 0 Å². The fourth-order valence-electron chi connectivity index (χ4n) is 3.93. The van der Waals surface area contributed by atoms with Crippen molar-refractivity contribution in [3.63, 3.8) is 0 Å². The van der Waals surface area contributed by atoms with Crippen LogP contribution in [0.3, 0.4) is 0 Å². The molecule has 1 atom stereocenters. The van der Waals surface area contributed by atoms with E-state index in [1.54, 1.807) is 23.2 Å². The van der Waals surface area contributed by atoms with Crippen LogP contribution in [0.5, 0.6) is 5.75 Å². The molecule has 0 saturated heterocycles. The number of pyridine rings is 2. The standard InChI is InChI=1S/C26H28FN5O4/c1-28-26(34)35-14-10-23(18-7-4-3-5-8-18)36-19-15-21(27)22(30-16-19)17-32-13-12-31(2)24-20(25(32)33)9-6-11-29-24/h3-9,11,15-16,23H,10,12-14,17H2,1-2H3,(H,28,34)/t23-/m0/s1. The number of anilines is 1. The highest BCUT2D eigenvalue weighted by Crippen LogP contribution is 2.27. The van der Waals surface area contributed by atoms with E-state index in [0.29, 0.717) is 30.9 Å². The number of ether oxygens (including phenoxy) is 2. The molecule has 9 nitrogen and oxygen atoms in total. The van der Waals surface area contributed by atoms with E-state index in [0.717, 1.165) is 5.56 Å². The van der Waals surface area contributed by atoms with E-state index < -0.39 is 18.0 Å². The zero-order chi connectivity index (χ0) is 25.5. The Kier molecular flexibility index (Phi) is 7.94. The Bertz CT molecular complexity index is 1210. The van der Waals surface area contributed by atoms with Gasteiger partial charge >= 0.3 is 6.09 Å². The van der Waals surface area contributed by atoms with Gasteiger partial charge in [0.15, 0.2) is 0 Å². The molecule has 36 heavy (non-hydrogen) atoms. The molecule has 0 aliphatic carbocycles. The predicted molar refractivity (Wildman–Crippen MR) is 131 cm³/mol. The average Bonchev–Trinajstić information content (AvgIpc) is 3.02. The van der Waals surface area contributed by atoms with Crippen molar-refractivity contribution in [1.82, 2.24) is 20.2 Å². The molecule has 1 aliphatic rings. The van der Waals surface area contributed by atoms with Gasteiger partial charge in [-0.3, -0.25) is 9.78 Å². The highest BCUT2D eigenvalue weighted by Gasteiger charge is 2.27. The number of rotatable bonds is 8. The Balaban J connectivity index is 1.47. The molecule has 0 fully saturated rings. The number of nitrogens with one attached hydrogen (secondary N) is 1. The van der Waals surface area contributed by atoms with Crippen molar-refractivity contribution < 1.29 is 23.5 Å². The van der Waals surface area contributed by atoms with Crippen LogP contribution in [0.2, 0.25) is 0 Å². The average molecular weight is 494 g/mol. The Morgan fingerprint density at radius 3 is 2.72 bits per heavy atom. The number of likely N-dealkylation sites (N-methyl/N-ethyl adjacent to an activating group) is 1. The van der Waals surface area contributed by atoms with Crippen molar-refractivity contribution in [2.24, 2.45) is 0 Å². The van der Waals surface area contributed by atoms with E-state index in [1.165, 1.54) is 19.3 Å². The minimum atomic E-state index is -0.572. The number of benzene rings is 1. The van der Waals surface area contributed by atoms with Gasteiger partial charge in [0.1, 0.15) is 23.5 Å². The molecule has 1 N–H and O–H groups in total. The normalized spacial score (nSPS) is 14.0. The molecule has 3 aromatic rings. The van der Waals surface area contributed by atoms with Crippen LogP contribution in [0.1, 0.15) is 34.1 Å². The van der Waals surface area contributed by atoms with Crippen molar-refractivity contribution in [1.29, 1.82) is 0 Å². The minimum absolute atomic E-state index is 0.0230. The first-order chi connectivity index (χ1) is 17.5. The summed E-state index contributed by atoms with van der Waals surface area (Å²) in [5.74, 6) is 0.0537. The van der Waals surface area contributed by atoms with E-state index in [-0.39, 0.29) is 30.5 Å². The van der Waals surface area contributed by atoms with Gasteiger partial charge in [-0.05, 0) is 17.7 Å². The van der Waals surface area contributed by atoms with Gasteiger partial charge in [0.25, 0.3) is 5.91 Å². The third-order valence-electron chi connectivity index (χ3n) is 5.87. The van der Waals surface area contributed by atoms with Crippen LogP contribution < -0.4 is 15.0 Å². The second-order valence-electron chi connectivity index (χ2n) is 8.31. The number of nitrogens with zero attached hydrogens (tertiary/aromatic N) is 4. The molecule has 0 saturated carbocycles. The number of halogens is 1. The van der Waals surface area contributed by atoms with Crippen LogP contribution in [0, 0.1) is 5.82 Å². The Labute approximate surface area is 208 Å². The fraction of sp³-hybridized carbons (Fsp3) is 0.308. The first kappa shape index (κ1) is 24.9. The van der Waals surface area contributed by atoms with Crippen molar-refractivity contribution in [3.8, 4) is 5.75 Å². The lowest BCUT2D eigenvalue weighted by Crippen LogP contribution is -2.33. The highest BCUT2D eigenvalue weighted by molar-refractivity contribution is 5.99. The molecule has 1 aliphatic heterocycles. The van der Waals surface area contributed by atoms with E-state index in [2.05, 4.69) is 15.3 Å². The molecule has 0 spiro atoms. The third kappa shape index (κ3) is 5.88. The van der Waals surface area contributed by atoms with Crippen molar-refractivity contribution in [3.05, 3.63) is 83.6 Å². The Morgan fingerprint density at radius 1 is 1.17 bits per heavy atom. The van der Waals surface area contributed by atoms with Crippen molar-refractivity contribution >= 4 is 17.8 Å². The van der Waals surface area contributed by atoms with Gasteiger partial charge < -0.3 is 24.6 Å². The van der Waals surface area contributed by atoms with E-state index in [4.69, 9.17) is 9.47 Å². The van der Waals surface area contributed by atoms with Crippen LogP contribution in [-0.2, 0) is 11.3 Å². The number of hydrogen-bond acceptors (Lipinski definition) is 7. The summed E-state index contributed by atoms with van der Waals surface area (Å²) in [6.45, 7) is 1.12. The SMILES string of the molecule is CNC(=O)OCC[C@H](Oc1cnc(CN2CCN(C)c3ncccc3C2=O)c(F)c1)c1ccccc1. The lowest BCUT2D eigenvalue weighted by molar-refractivity contribution is 0.0751. The third-order valence-corrected chi connectivity index (χ3v) is 5.87. The van der Waals surface area contributed by atoms with Crippen LogP contribution in [0.25, 0.3) is 0 Å². The second-order valence-corrected chi connectivity index (χ2v) is 8.31. The van der Waals surface area contributed by atoms with Gasteiger partial charge in [0.2, 0.25) is 0 Å². The quantitative estimate of drug-likeness (QED) is 0.512. The van der Waals surface area contributed by atoms with Crippen molar-refractivity contribution in [2.75, 3.05) is 38.7 Å². The monoisotopic (exact) mass is 493 g/mol. The van der Waals surface area contributed by atoms with Gasteiger partial charge in [-0.25, -0.2) is 14.2 Å². The van der Waals surface area contributed by atoms with Crippen LogP contribution in [-0.4, -0.2) is 60.7 Å². The zero-order valence-corrected chi connectivity index (χ0v) is 20.2. The van der Waals surface area contributed by atoms with Crippen LogP contribution in [0.15, 0.2) is 60.9 Å². The van der Waals surface area contributed by atoms with Crippen LogP contribution >= 0.6 is 0 Å². The molecule has 188 valence electrons. The topological polar surface area (TPSA) is 96.9 Å². The molecule has 10 heteroatoms. The van der Waals surface area contributed by atoms with Gasteiger partial charge in [0, 0.05) is 45.9 Å². The summed E-state index contributed by atoms with van der Waals surface area (Å²) in [6.07, 6.45) is 2.44. The second kappa shape index (κ2) is 11.5. The summed E-state index contributed by atoms with van der Waals surface area (Å²) in [5, 5.41) is 2.39. The maximum atomic E-state index is 15.1. The first-order valence-corrected chi connectivity index (χ1v) is 11.6. The highest BCUT2D eigenvalue weighted by atomic mass is 19.1. The predicted octanol–water partition coefficient (Wildman–Crippen LogP) is 3.57. The molecule has 3 heterocycles. The van der Waals surface area contributed by atoms with Gasteiger partial charge in [-0.15, -0.1) is 0 Å². The number of carbonyl (C=O) groups excluding carboxylic acids is 2. The number of aromatic nitrogens is 2.